The molecule has 2 aliphatic heterocycles. The zero-order valence-electron chi connectivity index (χ0n) is 11.8. The van der Waals surface area contributed by atoms with Crippen molar-refractivity contribution in [1.82, 2.24) is 15.1 Å². The molecule has 0 amide bonds. The Morgan fingerprint density at radius 1 is 1.42 bits per heavy atom. The minimum Gasteiger partial charge on any atom is -0.472 e. The minimum atomic E-state index is 0.699. The van der Waals surface area contributed by atoms with Gasteiger partial charge in [-0.15, -0.1) is 0 Å². The average molecular weight is 263 g/mol. The van der Waals surface area contributed by atoms with Crippen molar-refractivity contribution in [1.29, 1.82) is 0 Å². The molecule has 2 saturated heterocycles. The summed E-state index contributed by atoms with van der Waals surface area (Å²) in [6, 6.07) is 3.54. The Bertz CT molecular complexity index is 379. The van der Waals surface area contributed by atoms with Gasteiger partial charge in [-0.2, -0.15) is 0 Å². The van der Waals surface area contributed by atoms with Crippen molar-refractivity contribution in [2.24, 2.45) is 0 Å². The second kappa shape index (κ2) is 6.07. The molecule has 0 radical (unpaired) electrons. The minimum absolute atomic E-state index is 0.699. The van der Waals surface area contributed by atoms with E-state index in [-0.39, 0.29) is 0 Å². The second-order valence-corrected chi connectivity index (χ2v) is 5.94. The highest BCUT2D eigenvalue weighted by Crippen LogP contribution is 2.24. The molecule has 3 rings (SSSR count). The van der Waals surface area contributed by atoms with E-state index in [9.17, 15) is 0 Å². The first-order chi connectivity index (χ1) is 9.33. The van der Waals surface area contributed by atoms with Crippen LogP contribution in [0.3, 0.4) is 0 Å². The Hall–Kier alpha value is -0.840. The molecule has 1 N–H and O–H groups in total. The van der Waals surface area contributed by atoms with Crippen LogP contribution in [0, 0.1) is 0 Å². The lowest BCUT2D eigenvalue weighted by Gasteiger charge is -2.42. The lowest BCUT2D eigenvalue weighted by molar-refractivity contribution is 0.0603. The molecule has 106 valence electrons. The van der Waals surface area contributed by atoms with Crippen LogP contribution in [0.25, 0.3) is 0 Å². The fourth-order valence-corrected chi connectivity index (χ4v) is 3.41. The third-order valence-corrected chi connectivity index (χ3v) is 4.55. The van der Waals surface area contributed by atoms with Gasteiger partial charge in [-0.1, -0.05) is 0 Å². The van der Waals surface area contributed by atoms with Crippen molar-refractivity contribution in [3.05, 3.63) is 24.2 Å². The molecule has 2 atom stereocenters. The van der Waals surface area contributed by atoms with Crippen LogP contribution in [-0.2, 0) is 6.54 Å². The van der Waals surface area contributed by atoms with Crippen molar-refractivity contribution >= 4 is 0 Å². The van der Waals surface area contributed by atoms with Crippen molar-refractivity contribution < 1.29 is 4.42 Å². The Morgan fingerprint density at radius 2 is 2.37 bits per heavy atom. The third kappa shape index (κ3) is 3.19. The standard InChI is InChI=1S/C15H25N3O/c1-13-10-18-6-2-3-15(18)11-17(13)7-5-16-9-14-4-8-19-12-14/h4,8,12-13,15-16H,2-3,5-7,9-11H2,1H3. The summed E-state index contributed by atoms with van der Waals surface area (Å²) in [6.45, 7) is 9.33. The van der Waals surface area contributed by atoms with E-state index in [4.69, 9.17) is 4.42 Å². The number of nitrogens with one attached hydrogen (secondary N) is 1. The molecule has 0 spiro atoms. The highest BCUT2D eigenvalue weighted by molar-refractivity contribution is 5.04. The van der Waals surface area contributed by atoms with E-state index >= 15 is 0 Å². The van der Waals surface area contributed by atoms with Crippen LogP contribution < -0.4 is 5.32 Å². The van der Waals surface area contributed by atoms with Gasteiger partial charge in [-0.3, -0.25) is 9.80 Å². The van der Waals surface area contributed by atoms with Gasteiger partial charge < -0.3 is 9.73 Å². The highest BCUT2D eigenvalue weighted by Gasteiger charge is 2.33. The molecule has 1 aromatic rings. The second-order valence-electron chi connectivity index (χ2n) is 5.94. The van der Waals surface area contributed by atoms with Crippen LogP contribution in [0.4, 0.5) is 0 Å². The largest absolute Gasteiger partial charge is 0.472 e. The predicted octanol–water partition coefficient (Wildman–Crippen LogP) is 1.54. The van der Waals surface area contributed by atoms with Gasteiger partial charge in [0.25, 0.3) is 0 Å². The van der Waals surface area contributed by atoms with Crippen molar-refractivity contribution in [2.75, 3.05) is 32.7 Å². The first kappa shape index (κ1) is 13.2. The molecule has 2 unspecified atom stereocenters. The van der Waals surface area contributed by atoms with Crippen LogP contribution >= 0.6 is 0 Å². The van der Waals surface area contributed by atoms with Crippen LogP contribution in [0.5, 0.6) is 0 Å². The van der Waals surface area contributed by atoms with Crippen LogP contribution in [-0.4, -0.2) is 54.6 Å². The van der Waals surface area contributed by atoms with Gasteiger partial charge in [-0.25, -0.2) is 0 Å². The smallest absolute Gasteiger partial charge is 0.0947 e. The molecular weight excluding hydrogens is 238 g/mol. The SMILES string of the molecule is CC1CN2CCCC2CN1CCNCc1ccoc1. The summed E-state index contributed by atoms with van der Waals surface area (Å²) in [7, 11) is 0. The summed E-state index contributed by atoms with van der Waals surface area (Å²) in [5.41, 5.74) is 1.23. The molecule has 0 aromatic carbocycles. The molecule has 4 nitrogen and oxygen atoms in total. The summed E-state index contributed by atoms with van der Waals surface area (Å²) < 4.78 is 5.07. The van der Waals surface area contributed by atoms with Gasteiger partial charge in [0.1, 0.15) is 0 Å². The first-order valence-electron chi connectivity index (χ1n) is 7.53. The fourth-order valence-electron chi connectivity index (χ4n) is 3.41. The van der Waals surface area contributed by atoms with E-state index in [2.05, 4.69) is 22.0 Å². The number of hydrogen-bond donors (Lipinski definition) is 1. The Balaban J connectivity index is 1.39. The van der Waals surface area contributed by atoms with E-state index in [0.717, 1.165) is 25.7 Å². The maximum atomic E-state index is 5.07. The van der Waals surface area contributed by atoms with Crippen LogP contribution in [0.2, 0.25) is 0 Å². The van der Waals surface area contributed by atoms with Gasteiger partial charge in [0.2, 0.25) is 0 Å². The van der Waals surface area contributed by atoms with Crippen LogP contribution in [0.15, 0.2) is 23.0 Å². The molecule has 2 aliphatic rings. The van der Waals surface area contributed by atoms with Gasteiger partial charge >= 0.3 is 0 Å². The molecule has 1 aromatic heterocycles. The topological polar surface area (TPSA) is 31.6 Å². The fraction of sp³-hybridized carbons (Fsp3) is 0.733. The maximum Gasteiger partial charge on any atom is 0.0947 e. The summed E-state index contributed by atoms with van der Waals surface area (Å²) in [5.74, 6) is 0. The number of fused-ring (bicyclic) bond motifs is 1. The van der Waals surface area contributed by atoms with E-state index < -0.39 is 0 Å². The molecule has 3 heterocycles. The summed E-state index contributed by atoms with van der Waals surface area (Å²) in [5, 5.41) is 3.50. The Kier molecular flexibility index (Phi) is 4.21. The lowest BCUT2D eigenvalue weighted by atomic mass is 10.1. The monoisotopic (exact) mass is 263 g/mol. The normalized spacial score (nSPS) is 28.7. The highest BCUT2D eigenvalue weighted by atomic mass is 16.3. The third-order valence-electron chi connectivity index (χ3n) is 4.55. The van der Waals surface area contributed by atoms with Crippen molar-refractivity contribution in [2.45, 2.75) is 38.4 Å². The summed E-state index contributed by atoms with van der Waals surface area (Å²) in [6.07, 6.45) is 6.33. The van der Waals surface area contributed by atoms with Gasteiger partial charge in [-0.05, 0) is 32.4 Å². The van der Waals surface area contributed by atoms with E-state index in [1.165, 1.54) is 38.0 Å². The molecule has 4 heteroatoms. The van der Waals surface area contributed by atoms with Gasteiger partial charge in [0.05, 0.1) is 12.5 Å². The number of nitrogens with zero attached hydrogens (tertiary/aromatic N) is 2. The predicted molar refractivity (Wildman–Crippen MR) is 76.0 cm³/mol. The quantitative estimate of drug-likeness (QED) is 0.817. The average Bonchev–Trinajstić information content (AvgIpc) is 3.05. The van der Waals surface area contributed by atoms with Crippen molar-refractivity contribution in [3.63, 3.8) is 0 Å². The van der Waals surface area contributed by atoms with Crippen molar-refractivity contribution in [3.8, 4) is 0 Å². The number of piperazine rings is 1. The molecule has 0 bridgehead atoms. The molecule has 0 saturated carbocycles. The Morgan fingerprint density at radius 3 is 3.21 bits per heavy atom. The maximum absolute atomic E-state index is 5.07. The summed E-state index contributed by atoms with van der Waals surface area (Å²) >= 11 is 0. The molecule has 2 fully saturated rings. The molecule has 19 heavy (non-hydrogen) atoms. The number of furan rings is 1. The van der Waals surface area contributed by atoms with E-state index in [1.807, 2.05) is 12.3 Å². The zero-order chi connectivity index (χ0) is 13.1. The van der Waals surface area contributed by atoms with E-state index in [0.29, 0.717) is 6.04 Å². The Labute approximate surface area is 115 Å². The van der Waals surface area contributed by atoms with Crippen LogP contribution in [0.1, 0.15) is 25.3 Å². The summed E-state index contributed by atoms with van der Waals surface area (Å²) in [4.78, 5) is 5.33. The first-order valence-corrected chi connectivity index (χ1v) is 7.53. The number of rotatable bonds is 5. The number of hydrogen-bond acceptors (Lipinski definition) is 4. The molecule has 0 aliphatic carbocycles. The van der Waals surface area contributed by atoms with E-state index in [1.54, 1.807) is 6.26 Å². The zero-order valence-corrected chi connectivity index (χ0v) is 11.8. The molecular formula is C15H25N3O. The lowest BCUT2D eigenvalue weighted by Crippen LogP contribution is -2.55. The van der Waals surface area contributed by atoms with Gasteiger partial charge in [0.15, 0.2) is 0 Å². The van der Waals surface area contributed by atoms with Gasteiger partial charge in [0, 0.05) is 50.4 Å².